The standard InChI is InChI=1S/C30H33N5O6/c1-6-40-25-13-20-7-9-34-22(21(20)14-24(25)39-5)15-26(32-27-18(3)11-17(2)12-19(27)4)35(30(34)38)10-8-31-29(37)28-23(36)16-41-33-28/h11-16,36H,6-10H2,1-5H3,(H,31,37). The number of benzene rings is 2. The average molecular weight is 560 g/mol. The third-order valence-corrected chi connectivity index (χ3v) is 7.11. The first-order valence-electron chi connectivity index (χ1n) is 13.4. The lowest BCUT2D eigenvalue weighted by atomic mass is 9.97. The zero-order valence-corrected chi connectivity index (χ0v) is 23.8. The molecule has 214 valence electrons. The topological polar surface area (TPSA) is 133 Å². The van der Waals surface area contributed by atoms with E-state index >= 15 is 0 Å². The molecule has 2 aromatic heterocycles. The van der Waals surface area contributed by atoms with E-state index in [4.69, 9.17) is 14.5 Å². The average Bonchev–Trinajstić information content (AvgIpc) is 3.37. The largest absolute Gasteiger partial charge is 0.503 e. The molecular weight excluding hydrogens is 526 g/mol. The molecule has 11 heteroatoms. The van der Waals surface area contributed by atoms with Crippen molar-refractivity contribution in [2.75, 3.05) is 20.3 Å². The fraction of sp³-hybridized carbons (Fsp3) is 0.333. The molecule has 5 rings (SSSR count). The van der Waals surface area contributed by atoms with Gasteiger partial charge in [0, 0.05) is 31.3 Å². The maximum absolute atomic E-state index is 14.0. The number of amides is 1. The first-order valence-corrected chi connectivity index (χ1v) is 13.4. The normalized spacial score (nSPS) is 12.6. The number of aromatic hydroxyl groups is 1. The summed E-state index contributed by atoms with van der Waals surface area (Å²) in [6.07, 6.45) is 1.62. The van der Waals surface area contributed by atoms with E-state index in [1.54, 1.807) is 16.2 Å². The molecule has 1 aliphatic heterocycles. The van der Waals surface area contributed by atoms with E-state index in [-0.39, 0.29) is 30.2 Å². The number of hydrogen-bond acceptors (Lipinski definition) is 8. The van der Waals surface area contributed by atoms with E-state index in [9.17, 15) is 14.7 Å². The molecule has 11 nitrogen and oxygen atoms in total. The predicted molar refractivity (Wildman–Crippen MR) is 152 cm³/mol. The highest BCUT2D eigenvalue weighted by atomic mass is 16.5. The molecule has 3 heterocycles. The lowest BCUT2D eigenvalue weighted by molar-refractivity contribution is 0.0940. The van der Waals surface area contributed by atoms with Gasteiger partial charge in [0.05, 0.1) is 25.1 Å². The zero-order chi connectivity index (χ0) is 29.3. The van der Waals surface area contributed by atoms with Gasteiger partial charge in [0.25, 0.3) is 5.91 Å². The van der Waals surface area contributed by atoms with Gasteiger partial charge in [0.15, 0.2) is 23.5 Å². The Labute approximate surface area is 236 Å². The second kappa shape index (κ2) is 11.4. The Bertz CT molecular complexity index is 1740. The van der Waals surface area contributed by atoms with E-state index < -0.39 is 5.91 Å². The lowest BCUT2D eigenvalue weighted by Gasteiger charge is -2.25. The highest BCUT2D eigenvalue weighted by Crippen LogP contribution is 2.37. The first-order chi connectivity index (χ1) is 19.7. The van der Waals surface area contributed by atoms with Crippen molar-refractivity contribution in [2.24, 2.45) is 4.99 Å². The number of aromatic nitrogens is 3. The minimum atomic E-state index is -0.607. The number of carbonyl (C=O) groups excluding carboxylic acids is 1. The second-order valence-corrected chi connectivity index (χ2v) is 9.98. The number of rotatable bonds is 8. The van der Waals surface area contributed by atoms with Crippen molar-refractivity contribution < 1.29 is 23.9 Å². The smallest absolute Gasteiger partial charge is 0.330 e. The molecule has 2 aromatic carbocycles. The monoisotopic (exact) mass is 559 g/mol. The number of fused-ring (bicyclic) bond motifs is 3. The van der Waals surface area contributed by atoms with Crippen LogP contribution < -0.4 is 26.0 Å². The highest BCUT2D eigenvalue weighted by Gasteiger charge is 2.23. The summed E-state index contributed by atoms with van der Waals surface area (Å²) < 4.78 is 19.3. The van der Waals surface area contributed by atoms with Crippen LogP contribution in [0.3, 0.4) is 0 Å². The molecular formula is C30H33N5O6. The summed E-state index contributed by atoms with van der Waals surface area (Å²) in [5, 5.41) is 16.0. The molecule has 0 unspecified atom stereocenters. The molecule has 0 saturated heterocycles. The van der Waals surface area contributed by atoms with E-state index in [1.807, 2.05) is 45.9 Å². The zero-order valence-electron chi connectivity index (χ0n) is 23.8. The molecule has 0 spiro atoms. The van der Waals surface area contributed by atoms with Crippen molar-refractivity contribution in [2.45, 2.75) is 47.2 Å². The lowest BCUT2D eigenvalue weighted by Crippen LogP contribution is -2.44. The van der Waals surface area contributed by atoms with Gasteiger partial charge in [-0.15, -0.1) is 0 Å². The van der Waals surface area contributed by atoms with Crippen molar-refractivity contribution in [3.63, 3.8) is 0 Å². The summed E-state index contributed by atoms with van der Waals surface area (Å²) in [4.78, 5) is 31.4. The summed E-state index contributed by atoms with van der Waals surface area (Å²) in [7, 11) is 1.59. The third-order valence-electron chi connectivity index (χ3n) is 7.11. The van der Waals surface area contributed by atoms with Gasteiger partial charge >= 0.3 is 5.69 Å². The van der Waals surface area contributed by atoms with Gasteiger partial charge in [-0.3, -0.25) is 13.9 Å². The first kappa shape index (κ1) is 27.8. The van der Waals surface area contributed by atoms with Crippen molar-refractivity contribution >= 4 is 11.6 Å². The molecule has 0 bridgehead atoms. The maximum atomic E-state index is 14.0. The van der Waals surface area contributed by atoms with E-state index in [0.29, 0.717) is 36.6 Å². The fourth-order valence-corrected chi connectivity index (χ4v) is 5.29. The molecule has 0 aliphatic carbocycles. The van der Waals surface area contributed by atoms with Crippen LogP contribution in [-0.2, 0) is 19.5 Å². The van der Waals surface area contributed by atoms with Crippen LogP contribution in [0.15, 0.2) is 50.9 Å². The van der Waals surface area contributed by atoms with Gasteiger partial charge in [-0.05, 0) is 62.9 Å². The summed E-state index contributed by atoms with van der Waals surface area (Å²) in [6, 6.07) is 9.91. The minimum Gasteiger partial charge on any atom is -0.503 e. The van der Waals surface area contributed by atoms with Gasteiger partial charge in [0.2, 0.25) is 5.69 Å². The number of nitrogens with one attached hydrogen (secondary N) is 1. The SMILES string of the molecule is CCOc1cc2c(cc1OC)-c1cc(=Nc3c(C)cc(C)cc3C)n(CCNC(=O)c3nocc3O)c(=O)n1CC2. The van der Waals surface area contributed by atoms with Crippen LogP contribution in [0.2, 0.25) is 0 Å². The molecule has 2 N–H and O–H groups in total. The summed E-state index contributed by atoms with van der Waals surface area (Å²) >= 11 is 0. The van der Waals surface area contributed by atoms with E-state index in [1.165, 1.54) is 0 Å². The molecule has 0 radical (unpaired) electrons. The van der Waals surface area contributed by atoms with Crippen molar-refractivity contribution in [3.05, 3.63) is 80.5 Å². The quantitative estimate of drug-likeness (QED) is 0.337. The van der Waals surface area contributed by atoms with Gasteiger partial charge in [-0.1, -0.05) is 22.9 Å². The number of methoxy groups -OCH3 is 1. The fourth-order valence-electron chi connectivity index (χ4n) is 5.29. The number of hydrogen-bond donors (Lipinski definition) is 2. The second-order valence-electron chi connectivity index (χ2n) is 9.98. The molecule has 1 aliphatic rings. The van der Waals surface area contributed by atoms with Crippen molar-refractivity contribution in [1.82, 2.24) is 19.6 Å². The molecule has 0 atom stereocenters. The number of ether oxygens (including phenoxy) is 2. The Morgan fingerprint density at radius 3 is 2.56 bits per heavy atom. The highest BCUT2D eigenvalue weighted by molar-refractivity contribution is 5.94. The van der Waals surface area contributed by atoms with Crippen LogP contribution in [0.4, 0.5) is 5.69 Å². The molecule has 0 saturated carbocycles. The van der Waals surface area contributed by atoms with Gasteiger partial charge in [0.1, 0.15) is 5.49 Å². The Hall–Kier alpha value is -4.80. The van der Waals surface area contributed by atoms with Crippen molar-refractivity contribution in [1.29, 1.82) is 0 Å². The van der Waals surface area contributed by atoms with Crippen LogP contribution in [0, 0.1) is 20.8 Å². The van der Waals surface area contributed by atoms with Crippen LogP contribution in [0.25, 0.3) is 11.3 Å². The molecule has 0 fully saturated rings. The van der Waals surface area contributed by atoms with Gasteiger partial charge < -0.3 is 24.4 Å². The number of nitrogens with zero attached hydrogens (tertiary/aromatic N) is 4. The minimum absolute atomic E-state index is 0.0981. The van der Waals surface area contributed by atoms with E-state index in [0.717, 1.165) is 45.5 Å². The van der Waals surface area contributed by atoms with Gasteiger partial charge in [-0.2, -0.15) is 0 Å². The Balaban J connectivity index is 1.63. The third kappa shape index (κ3) is 5.34. The Morgan fingerprint density at radius 2 is 1.90 bits per heavy atom. The van der Waals surface area contributed by atoms with E-state index in [2.05, 4.69) is 27.1 Å². The summed E-state index contributed by atoms with van der Waals surface area (Å²) in [5.74, 6) is 0.294. The summed E-state index contributed by atoms with van der Waals surface area (Å²) in [5.41, 5.74) is 6.54. The number of carbonyl (C=O) groups is 1. The predicted octanol–water partition coefficient (Wildman–Crippen LogP) is 3.56. The molecule has 41 heavy (non-hydrogen) atoms. The van der Waals surface area contributed by atoms with Crippen molar-refractivity contribution in [3.8, 4) is 28.5 Å². The Morgan fingerprint density at radius 1 is 1.15 bits per heavy atom. The van der Waals surface area contributed by atoms with Crippen LogP contribution in [0.5, 0.6) is 17.2 Å². The summed E-state index contributed by atoms with van der Waals surface area (Å²) in [6.45, 7) is 9.17. The number of aryl methyl sites for hydroxylation is 4. The van der Waals surface area contributed by atoms with Crippen LogP contribution in [-0.4, -0.2) is 45.6 Å². The molecule has 1 amide bonds. The van der Waals surface area contributed by atoms with Gasteiger partial charge in [-0.25, -0.2) is 9.79 Å². The maximum Gasteiger partial charge on any atom is 0.330 e. The van der Waals surface area contributed by atoms with Crippen LogP contribution in [0.1, 0.15) is 39.7 Å². The Kier molecular flexibility index (Phi) is 7.69. The molecule has 4 aromatic rings. The van der Waals surface area contributed by atoms with Crippen LogP contribution >= 0.6 is 0 Å².